The van der Waals surface area contributed by atoms with Gasteiger partial charge in [0.25, 0.3) is 0 Å². The molecule has 0 saturated heterocycles. The van der Waals surface area contributed by atoms with Crippen molar-refractivity contribution in [3.8, 4) is 50.3 Å². The first kappa shape index (κ1) is 40.7. The predicted octanol–water partition coefficient (Wildman–Crippen LogP) is 14.5. The van der Waals surface area contributed by atoms with E-state index in [9.17, 15) is 0 Å². The third-order valence-corrected chi connectivity index (χ3v) is 12.9. The number of hydrogen-bond donors (Lipinski definition) is 1. The number of aromatic amines is 1. The van der Waals surface area contributed by atoms with Gasteiger partial charge in [0.1, 0.15) is 12.3 Å². The minimum Gasteiger partial charge on any atom is -0.497 e. The van der Waals surface area contributed by atoms with E-state index in [2.05, 4.69) is 221 Å². The lowest BCUT2D eigenvalue weighted by Crippen LogP contribution is -2.33. The van der Waals surface area contributed by atoms with Crippen LogP contribution in [0.2, 0.25) is 0 Å². The van der Waals surface area contributed by atoms with Gasteiger partial charge in [-0.05, 0) is 102 Å². The third-order valence-electron chi connectivity index (χ3n) is 12.9. The molecule has 11 rings (SSSR count). The van der Waals surface area contributed by atoms with Gasteiger partial charge < -0.3 is 14.3 Å². The SMILES string of the molecule is COc1ccc2c(ccc[n+]2CCCCCCn2c3ccc2c(-c2ccccc2)c2nc(c(-c4ccccc4)c4ccc([nH]4)c(-c4ccccc4)c4nc(c3-c3ccccc3)C=C4)C=C2)c1. The van der Waals surface area contributed by atoms with E-state index in [-0.39, 0.29) is 0 Å². The number of hydrogen-bond acceptors (Lipinski definition) is 3. The van der Waals surface area contributed by atoms with Crippen LogP contribution in [-0.4, -0.2) is 26.6 Å². The van der Waals surface area contributed by atoms with E-state index in [0.29, 0.717) is 0 Å². The normalized spacial score (nSPS) is 12.0. The van der Waals surface area contributed by atoms with E-state index in [0.717, 1.165) is 134 Å². The highest BCUT2D eigenvalue weighted by Gasteiger charge is 2.21. The molecule has 0 radical (unpaired) electrons. The van der Waals surface area contributed by atoms with Crippen molar-refractivity contribution >= 4 is 57.3 Å². The molecule has 0 atom stereocenters. The second kappa shape index (κ2) is 18.2. The van der Waals surface area contributed by atoms with Crippen molar-refractivity contribution in [3.63, 3.8) is 0 Å². The molecule has 9 aromatic rings. The maximum atomic E-state index is 5.57. The molecule has 66 heavy (non-hydrogen) atoms. The van der Waals surface area contributed by atoms with E-state index < -0.39 is 0 Å². The molecule has 6 heterocycles. The highest BCUT2D eigenvalue weighted by atomic mass is 16.5. The summed E-state index contributed by atoms with van der Waals surface area (Å²) < 4.78 is 10.4. The monoisotopic (exact) mass is 856 g/mol. The summed E-state index contributed by atoms with van der Waals surface area (Å²) in [5.74, 6) is 0.882. The lowest BCUT2D eigenvalue weighted by molar-refractivity contribution is -0.671. The van der Waals surface area contributed by atoms with Crippen LogP contribution in [0.3, 0.4) is 0 Å². The molecule has 6 nitrogen and oxygen atoms in total. The Morgan fingerprint density at radius 1 is 0.470 bits per heavy atom. The molecule has 8 bridgehead atoms. The summed E-state index contributed by atoms with van der Waals surface area (Å²) in [5, 5.41) is 1.19. The van der Waals surface area contributed by atoms with E-state index in [1.165, 1.54) is 10.9 Å². The minimum absolute atomic E-state index is 0.832. The zero-order valence-electron chi connectivity index (χ0n) is 37.1. The standard InChI is InChI=1S/C60H50N5O/c1-66-47-28-35-54-46(41-47)27-18-39-64(54)38-16-2-3-17-40-65-55-36-37-56(65)60(45-25-14-7-15-26-45)53-34-32-51(63-53)58(43-21-10-5-11-22-43)49-30-29-48(61-49)57(42-19-8-4-9-20-42)50-31-33-52(62-50)59(55)44-23-12-6-13-24-44/h4-15,18-37,39,41,61H,2-3,16-17,38,40H2,1H3/q+1. The zero-order chi connectivity index (χ0) is 44.2. The van der Waals surface area contributed by atoms with E-state index in [4.69, 9.17) is 14.7 Å². The van der Waals surface area contributed by atoms with Gasteiger partial charge in [-0.15, -0.1) is 0 Å². The highest BCUT2D eigenvalue weighted by molar-refractivity contribution is 6.00. The van der Waals surface area contributed by atoms with Gasteiger partial charge in [0, 0.05) is 58.4 Å². The summed E-state index contributed by atoms with van der Waals surface area (Å²) in [5.41, 5.74) is 17.9. The second-order valence-corrected chi connectivity index (χ2v) is 17.0. The smallest absolute Gasteiger partial charge is 0.212 e. The van der Waals surface area contributed by atoms with Crippen molar-refractivity contribution < 1.29 is 9.30 Å². The number of aromatic nitrogens is 5. The Labute approximate surface area is 385 Å². The van der Waals surface area contributed by atoms with E-state index in [1.807, 2.05) is 0 Å². The van der Waals surface area contributed by atoms with Crippen LogP contribution < -0.4 is 9.30 Å². The molecule has 0 saturated carbocycles. The molecule has 0 spiro atoms. The van der Waals surface area contributed by atoms with Crippen LogP contribution in [0.4, 0.5) is 0 Å². The Morgan fingerprint density at radius 3 is 1.44 bits per heavy atom. The maximum absolute atomic E-state index is 5.57. The highest BCUT2D eigenvalue weighted by Crippen LogP contribution is 2.39. The van der Waals surface area contributed by atoms with Gasteiger partial charge in [-0.2, -0.15) is 4.57 Å². The quantitative estimate of drug-likeness (QED) is 0.0983. The number of nitrogens with one attached hydrogen (secondary N) is 1. The first-order chi connectivity index (χ1) is 32.7. The fourth-order valence-electron chi connectivity index (χ4n) is 9.76. The molecule has 2 aliphatic heterocycles. The molecule has 5 aromatic carbocycles. The summed E-state index contributed by atoms with van der Waals surface area (Å²) in [6, 6.07) is 62.4. The van der Waals surface area contributed by atoms with Gasteiger partial charge in [-0.3, -0.25) is 0 Å². The number of aryl methyl sites for hydroxylation is 2. The van der Waals surface area contributed by atoms with Gasteiger partial charge in [0.2, 0.25) is 5.52 Å². The Morgan fingerprint density at radius 2 is 0.939 bits per heavy atom. The van der Waals surface area contributed by atoms with Gasteiger partial charge in [0.05, 0.1) is 46.3 Å². The summed E-state index contributed by atoms with van der Waals surface area (Å²) >= 11 is 0. The summed E-state index contributed by atoms with van der Waals surface area (Å²) in [6.45, 7) is 1.80. The predicted molar refractivity (Wildman–Crippen MR) is 273 cm³/mol. The van der Waals surface area contributed by atoms with Crippen LogP contribution >= 0.6 is 0 Å². The van der Waals surface area contributed by atoms with Gasteiger partial charge in [-0.1, -0.05) is 128 Å². The number of rotatable bonds is 12. The Kier molecular flexibility index (Phi) is 11.2. The average molecular weight is 857 g/mol. The number of benzene rings is 5. The van der Waals surface area contributed by atoms with Crippen molar-refractivity contribution in [1.29, 1.82) is 0 Å². The largest absolute Gasteiger partial charge is 0.497 e. The van der Waals surface area contributed by atoms with Crippen LogP contribution in [0.1, 0.15) is 48.5 Å². The van der Waals surface area contributed by atoms with Gasteiger partial charge in [-0.25, -0.2) is 9.97 Å². The van der Waals surface area contributed by atoms with Crippen LogP contribution in [0, 0.1) is 0 Å². The second-order valence-electron chi connectivity index (χ2n) is 17.0. The van der Waals surface area contributed by atoms with Crippen LogP contribution in [0.25, 0.3) is 102 Å². The van der Waals surface area contributed by atoms with Crippen molar-refractivity contribution in [2.45, 2.75) is 38.8 Å². The van der Waals surface area contributed by atoms with Crippen molar-refractivity contribution in [1.82, 2.24) is 19.5 Å². The summed E-state index contributed by atoms with van der Waals surface area (Å²) in [7, 11) is 1.72. The lowest BCUT2D eigenvalue weighted by Gasteiger charge is -2.14. The number of nitrogens with zero attached hydrogens (tertiary/aromatic N) is 4. The number of pyridine rings is 1. The first-order valence-electron chi connectivity index (χ1n) is 23.0. The average Bonchev–Trinajstić information content (AvgIpc) is 4.22. The first-order valence-corrected chi connectivity index (χ1v) is 23.0. The van der Waals surface area contributed by atoms with Gasteiger partial charge in [0.15, 0.2) is 6.20 Å². The molecule has 0 fully saturated rings. The fraction of sp³-hybridized carbons (Fsp3) is 0.117. The molecule has 0 amide bonds. The molecule has 1 N–H and O–H groups in total. The maximum Gasteiger partial charge on any atom is 0.212 e. The molecule has 320 valence electrons. The fourth-order valence-corrected chi connectivity index (χ4v) is 9.76. The topological polar surface area (TPSA) is 59.6 Å². The number of methoxy groups -OCH3 is 1. The van der Waals surface area contributed by atoms with Crippen molar-refractivity contribution in [3.05, 3.63) is 205 Å². The zero-order valence-corrected chi connectivity index (χ0v) is 37.1. The molecule has 0 aliphatic carbocycles. The molecule has 2 aliphatic rings. The lowest BCUT2D eigenvalue weighted by atomic mass is 10.0. The van der Waals surface area contributed by atoms with Crippen molar-refractivity contribution in [2.24, 2.45) is 0 Å². The Hall–Kier alpha value is -8.09. The number of unbranched alkanes of at least 4 members (excludes halogenated alkanes) is 3. The number of fused-ring (bicyclic) bond motifs is 9. The summed E-state index contributed by atoms with van der Waals surface area (Å²) in [6.07, 6.45) is 15.3. The number of H-pyrrole nitrogens is 1. The number of ether oxygens (including phenoxy) is 1. The van der Waals surface area contributed by atoms with Gasteiger partial charge >= 0.3 is 0 Å². The molecular weight excluding hydrogens is 807 g/mol. The van der Waals surface area contributed by atoms with Crippen LogP contribution in [0.15, 0.2) is 182 Å². The van der Waals surface area contributed by atoms with Crippen LogP contribution in [-0.2, 0) is 13.1 Å². The summed E-state index contributed by atoms with van der Waals surface area (Å²) in [4.78, 5) is 15.0. The molecule has 6 heteroatoms. The molecule has 4 aromatic heterocycles. The minimum atomic E-state index is 0.832. The van der Waals surface area contributed by atoms with Crippen molar-refractivity contribution in [2.75, 3.05) is 7.11 Å². The Bertz CT molecular complexity index is 3260. The van der Waals surface area contributed by atoms with Crippen LogP contribution in [0.5, 0.6) is 5.75 Å². The third kappa shape index (κ3) is 7.92. The molecule has 0 unspecified atom stereocenters. The van der Waals surface area contributed by atoms with E-state index >= 15 is 0 Å². The Balaban J connectivity index is 1.12. The van der Waals surface area contributed by atoms with E-state index in [1.54, 1.807) is 7.11 Å². The molecular formula is C60H50N5O+.